The largest absolute Gasteiger partial charge is 0.376 e. The number of nitrogens with two attached hydrogens (primary N) is 1. The molecule has 2 amide bonds. The lowest BCUT2D eigenvalue weighted by Crippen LogP contribution is -2.62. The minimum absolute atomic E-state index is 0.0257. The molecule has 2 rings (SSSR count). The first kappa shape index (κ1) is 19.8. The van der Waals surface area contributed by atoms with Gasteiger partial charge in [-0.05, 0) is 32.0 Å². The number of rotatable bonds is 7. The molecule has 0 aliphatic carbocycles. The van der Waals surface area contributed by atoms with E-state index in [1.807, 2.05) is 4.90 Å². The van der Waals surface area contributed by atoms with Gasteiger partial charge in [-0.1, -0.05) is 33.1 Å². The lowest BCUT2D eigenvalue weighted by atomic mass is 9.66. The van der Waals surface area contributed by atoms with Crippen LogP contribution >= 0.6 is 12.2 Å². The smallest absolute Gasteiger partial charge is 0.255 e. The first-order chi connectivity index (χ1) is 11.9. The molecule has 2 heterocycles. The van der Waals surface area contributed by atoms with Gasteiger partial charge < -0.3 is 16.0 Å². The molecule has 0 saturated carbocycles. The van der Waals surface area contributed by atoms with Crippen LogP contribution in [0.15, 0.2) is 11.1 Å². The van der Waals surface area contributed by atoms with E-state index in [0.29, 0.717) is 22.8 Å². The Hall–Kier alpha value is -1.47. The van der Waals surface area contributed by atoms with Crippen molar-refractivity contribution in [2.45, 2.75) is 58.9 Å². The Bertz CT molecular complexity index is 590. The predicted octanol–water partition coefficient (Wildman–Crippen LogP) is 1.45. The van der Waals surface area contributed by atoms with Crippen LogP contribution in [0.2, 0.25) is 0 Å². The van der Waals surface area contributed by atoms with Gasteiger partial charge in [0.25, 0.3) is 11.8 Å². The number of hydrogen-bond donors (Lipinski definition) is 3. The molecule has 6 nitrogen and oxygen atoms in total. The molecule has 2 atom stereocenters. The van der Waals surface area contributed by atoms with Crippen LogP contribution in [0.1, 0.15) is 52.9 Å². The summed E-state index contributed by atoms with van der Waals surface area (Å²) in [4.78, 5) is 26.8. The Balaban J connectivity index is 2.52. The molecule has 1 fully saturated rings. The number of thiocarbonyl (C=S) groups is 1. The van der Waals surface area contributed by atoms with Crippen LogP contribution in [-0.4, -0.2) is 47.5 Å². The highest BCUT2D eigenvalue weighted by Gasteiger charge is 2.50. The molecule has 2 unspecified atom stereocenters. The number of unbranched alkanes of at least 4 members (excludes halogenated alkanes) is 2. The SMILES string of the molecule is CCCCCC(CC)(C1=C(C)C(=O)NC1=O)C1CNCCN1C(N)=S. The molecule has 4 N–H and O–H groups in total. The Morgan fingerprint density at radius 3 is 2.56 bits per heavy atom. The summed E-state index contributed by atoms with van der Waals surface area (Å²) in [5.74, 6) is -0.534. The molecular formula is C18H30N4O2S. The number of carbonyl (C=O) groups is 2. The van der Waals surface area contributed by atoms with Crippen molar-refractivity contribution in [2.24, 2.45) is 11.1 Å². The number of imide groups is 1. The van der Waals surface area contributed by atoms with Crippen molar-refractivity contribution < 1.29 is 9.59 Å². The third-order valence-corrected chi connectivity index (χ3v) is 5.92. The molecule has 0 aromatic rings. The third kappa shape index (κ3) is 3.72. The minimum Gasteiger partial charge on any atom is -0.376 e. The van der Waals surface area contributed by atoms with Crippen molar-refractivity contribution in [1.29, 1.82) is 0 Å². The van der Waals surface area contributed by atoms with Crippen LogP contribution in [0.5, 0.6) is 0 Å². The Morgan fingerprint density at radius 2 is 2.04 bits per heavy atom. The fraction of sp³-hybridized carbons (Fsp3) is 0.722. The molecule has 0 bridgehead atoms. The van der Waals surface area contributed by atoms with E-state index in [4.69, 9.17) is 18.0 Å². The van der Waals surface area contributed by atoms with Gasteiger partial charge in [0.1, 0.15) is 0 Å². The summed E-state index contributed by atoms with van der Waals surface area (Å²) in [5, 5.41) is 6.26. The van der Waals surface area contributed by atoms with E-state index in [0.717, 1.165) is 45.2 Å². The second-order valence-electron chi connectivity index (χ2n) is 7.00. The van der Waals surface area contributed by atoms with E-state index in [2.05, 4.69) is 24.5 Å². The first-order valence-corrected chi connectivity index (χ1v) is 9.63. The van der Waals surface area contributed by atoms with Gasteiger partial charge in [-0.15, -0.1) is 0 Å². The van der Waals surface area contributed by atoms with Crippen molar-refractivity contribution in [2.75, 3.05) is 19.6 Å². The first-order valence-electron chi connectivity index (χ1n) is 9.22. The maximum absolute atomic E-state index is 12.7. The highest BCUT2D eigenvalue weighted by atomic mass is 32.1. The standard InChI is InChI=1S/C18H30N4O2S/c1-4-6-7-8-18(5-2,14-12(3)15(23)21-16(14)24)13-11-20-9-10-22(13)17(19)25/h13,20H,4-11H2,1-3H3,(H2,19,25)(H,21,23,24). The maximum atomic E-state index is 12.7. The van der Waals surface area contributed by atoms with E-state index in [9.17, 15) is 9.59 Å². The number of carbonyl (C=O) groups excluding carboxylic acids is 2. The Morgan fingerprint density at radius 1 is 1.32 bits per heavy atom. The number of hydrogen-bond acceptors (Lipinski definition) is 4. The van der Waals surface area contributed by atoms with Crippen LogP contribution in [0.25, 0.3) is 0 Å². The van der Waals surface area contributed by atoms with Gasteiger partial charge in [0, 0.05) is 36.2 Å². The highest BCUT2D eigenvalue weighted by molar-refractivity contribution is 7.80. The van der Waals surface area contributed by atoms with E-state index in [1.54, 1.807) is 6.92 Å². The fourth-order valence-corrected chi connectivity index (χ4v) is 4.56. The van der Waals surface area contributed by atoms with E-state index in [-0.39, 0.29) is 17.9 Å². The summed E-state index contributed by atoms with van der Waals surface area (Å²) in [5.41, 5.74) is 6.74. The zero-order chi connectivity index (χ0) is 18.6. The van der Waals surface area contributed by atoms with Crippen molar-refractivity contribution in [1.82, 2.24) is 15.5 Å². The van der Waals surface area contributed by atoms with Gasteiger partial charge in [0.05, 0.1) is 6.04 Å². The third-order valence-electron chi connectivity index (χ3n) is 5.69. The van der Waals surface area contributed by atoms with Crippen molar-refractivity contribution in [3.05, 3.63) is 11.1 Å². The summed E-state index contributed by atoms with van der Waals surface area (Å²) >= 11 is 5.29. The van der Waals surface area contributed by atoms with E-state index in [1.165, 1.54) is 0 Å². The molecule has 2 aliphatic heterocycles. The lowest BCUT2D eigenvalue weighted by molar-refractivity contribution is -0.124. The summed E-state index contributed by atoms with van der Waals surface area (Å²) in [6, 6.07) is -0.0257. The molecule has 0 aromatic heterocycles. The number of piperazine rings is 1. The van der Waals surface area contributed by atoms with Gasteiger partial charge in [0.2, 0.25) is 0 Å². The van der Waals surface area contributed by atoms with E-state index >= 15 is 0 Å². The van der Waals surface area contributed by atoms with Crippen molar-refractivity contribution >= 4 is 29.1 Å². The highest BCUT2D eigenvalue weighted by Crippen LogP contribution is 2.45. The van der Waals surface area contributed by atoms with Crippen LogP contribution in [0, 0.1) is 5.41 Å². The summed E-state index contributed by atoms with van der Waals surface area (Å²) in [7, 11) is 0. The van der Waals surface area contributed by atoms with Crippen LogP contribution in [-0.2, 0) is 9.59 Å². The van der Waals surface area contributed by atoms with Crippen molar-refractivity contribution in [3.8, 4) is 0 Å². The molecule has 0 radical (unpaired) electrons. The second-order valence-corrected chi connectivity index (χ2v) is 7.42. The average Bonchev–Trinajstić information content (AvgIpc) is 2.85. The zero-order valence-electron chi connectivity index (χ0n) is 15.5. The number of amides is 2. The number of nitrogens with zero attached hydrogens (tertiary/aromatic N) is 1. The normalized spacial score (nSPS) is 23.6. The molecule has 0 spiro atoms. The van der Waals surface area contributed by atoms with Crippen LogP contribution < -0.4 is 16.4 Å². The zero-order valence-corrected chi connectivity index (χ0v) is 16.3. The summed E-state index contributed by atoms with van der Waals surface area (Å²) < 4.78 is 0. The maximum Gasteiger partial charge on any atom is 0.255 e. The Labute approximate surface area is 155 Å². The number of nitrogens with one attached hydrogen (secondary N) is 2. The van der Waals surface area contributed by atoms with Gasteiger partial charge in [0.15, 0.2) is 5.11 Å². The van der Waals surface area contributed by atoms with Gasteiger partial charge in [-0.25, -0.2) is 0 Å². The average molecular weight is 367 g/mol. The molecular weight excluding hydrogens is 336 g/mol. The molecule has 25 heavy (non-hydrogen) atoms. The molecule has 140 valence electrons. The monoisotopic (exact) mass is 366 g/mol. The topological polar surface area (TPSA) is 87.5 Å². The molecule has 7 heteroatoms. The van der Waals surface area contributed by atoms with E-state index < -0.39 is 5.41 Å². The second kappa shape index (κ2) is 8.27. The van der Waals surface area contributed by atoms with Crippen LogP contribution in [0.4, 0.5) is 0 Å². The molecule has 1 saturated heterocycles. The quantitative estimate of drug-likeness (QED) is 0.359. The summed E-state index contributed by atoms with van der Waals surface area (Å²) in [6.45, 7) is 8.24. The predicted molar refractivity (Wildman–Crippen MR) is 103 cm³/mol. The Kier molecular flexibility index (Phi) is 6.57. The van der Waals surface area contributed by atoms with Crippen LogP contribution in [0.3, 0.4) is 0 Å². The molecule has 0 aromatic carbocycles. The van der Waals surface area contributed by atoms with Gasteiger partial charge >= 0.3 is 0 Å². The lowest BCUT2D eigenvalue weighted by Gasteiger charge is -2.49. The van der Waals surface area contributed by atoms with Crippen molar-refractivity contribution in [3.63, 3.8) is 0 Å². The van der Waals surface area contributed by atoms with Gasteiger partial charge in [-0.3, -0.25) is 14.9 Å². The fourth-order valence-electron chi connectivity index (χ4n) is 4.34. The molecule has 2 aliphatic rings. The van der Waals surface area contributed by atoms with Gasteiger partial charge in [-0.2, -0.15) is 0 Å². The minimum atomic E-state index is -0.438. The summed E-state index contributed by atoms with van der Waals surface area (Å²) in [6.07, 6.45) is 4.80.